The highest BCUT2D eigenvalue weighted by Crippen LogP contribution is 2.31. The van der Waals surface area contributed by atoms with E-state index in [1.807, 2.05) is 6.07 Å². The number of phenolic OH excluding ortho intramolecular Hbond substituents is 1. The van der Waals surface area contributed by atoms with Gasteiger partial charge in [-0.15, -0.1) is 15.3 Å². The molecule has 2 aromatic heterocycles. The Labute approximate surface area is 179 Å². The van der Waals surface area contributed by atoms with Crippen molar-refractivity contribution in [3.8, 4) is 28.9 Å². The van der Waals surface area contributed by atoms with Crippen molar-refractivity contribution in [3.63, 3.8) is 0 Å². The molecule has 2 saturated heterocycles. The first-order valence-corrected chi connectivity index (χ1v) is 10.5. The van der Waals surface area contributed by atoms with Crippen LogP contribution in [0.25, 0.3) is 17.1 Å². The van der Waals surface area contributed by atoms with Crippen molar-refractivity contribution in [2.75, 3.05) is 11.9 Å². The molecule has 1 aromatic carbocycles. The van der Waals surface area contributed by atoms with E-state index in [-0.39, 0.29) is 11.4 Å². The fourth-order valence-corrected chi connectivity index (χ4v) is 4.59. The first-order valence-electron chi connectivity index (χ1n) is 10.5. The SMILES string of the molecule is CN(c1cnc(-c2ccc(-n3cc(C#N)nn3)cc2O)nn1)C1C[C@H]2CCC[C@@H](C1)N2. The minimum Gasteiger partial charge on any atom is -0.507 e. The molecule has 3 atom stereocenters. The number of nitriles is 1. The van der Waals surface area contributed by atoms with Crippen LogP contribution in [0.4, 0.5) is 5.82 Å². The van der Waals surface area contributed by atoms with Gasteiger partial charge >= 0.3 is 0 Å². The van der Waals surface area contributed by atoms with Gasteiger partial charge in [0.2, 0.25) is 0 Å². The van der Waals surface area contributed by atoms with Crippen molar-refractivity contribution in [2.24, 2.45) is 0 Å². The van der Waals surface area contributed by atoms with E-state index in [4.69, 9.17) is 5.26 Å². The molecular formula is C21H23N9O. The van der Waals surface area contributed by atoms with Gasteiger partial charge in [0.25, 0.3) is 0 Å². The Morgan fingerprint density at radius 1 is 1.19 bits per heavy atom. The van der Waals surface area contributed by atoms with Gasteiger partial charge in [-0.05, 0) is 37.8 Å². The van der Waals surface area contributed by atoms with E-state index < -0.39 is 0 Å². The largest absolute Gasteiger partial charge is 0.507 e. The van der Waals surface area contributed by atoms with Crippen LogP contribution in [0.2, 0.25) is 0 Å². The number of phenols is 1. The molecule has 2 aliphatic heterocycles. The molecule has 158 valence electrons. The molecule has 31 heavy (non-hydrogen) atoms. The molecule has 5 rings (SSSR count). The lowest BCUT2D eigenvalue weighted by Crippen LogP contribution is -2.54. The van der Waals surface area contributed by atoms with Crippen molar-refractivity contribution in [2.45, 2.75) is 50.2 Å². The van der Waals surface area contributed by atoms with E-state index in [2.05, 4.69) is 42.8 Å². The Hall–Kier alpha value is -3.58. The number of nitrogens with one attached hydrogen (secondary N) is 1. The van der Waals surface area contributed by atoms with Gasteiger partial charge in [0.05, 0.1) is 23.6 Å². The van der Waals surface area contributed by atoms with Crippen LogP contribution >= 0.6 is 0 Å². The predicted molar refractivity (Wildman–Crippen MR) is 113 cm³/mol. The minimum absolute atomic E-state index is 0.000548. The summed E-state index contributed by atoms with van der Waals surface area (Å²) in [4.78, 5) is 6.63. The molecule has 2 aliphatic rings. The monoisotopic (exact) mass is 417 g/mol. The molecule has 10 heteroatoms. The molecule has 2 N–H and O–H groups in total. The fourth-order valence-electron chi connectivity index (χ4n) is 4.59. The van der Waals surface area contributed by atoms with Gasteiger partial charge in [-0.1, -0.05) is 11.6 Å². The average molecular weight is 417 g/mol. The summed E-state index contributed by atoms with van der Waals surface area (Å²) in [5, 5.41) is 39.3. The van der Waals surface area contributed by atoms with Crippen LogP contribution in [0.1, 0.15) is 37.8 Å². The van der Waals surface area contributed by atoms with E-state index in [1.165, 1.54) is 36.2 Å². The van der Waals surface area contributed by atoms with Gasteiger partial charge in [0.15, 0.2) is 17.3 Å². The maximum atomic E-state index is 10.5. The standard InChI is InChI=1S/C21H23N9O/c1-29(17-7-13-3-2-4-14(8-17)24-13)20-11-23-21(27-26-20)18-6-5-16(9-19(18)31)30-12-15(10-22)25-28-30/h5-6,9,11-14,17,24,31H,2-4,7-8H2,1H3/t13-,14+,17?. The Morgan fingerprint density at radius 3 is 2.65 bits per heavy atom. The second kappa shape index (κ2) is 7.92. The van der Waals surface area contributed by atoms with Gasteiger partial charge in [0.1, 0.15) is 11.8 Å². The molecule has 0 amide bonds. The van der Waals surface area contributed by atoms with Gasteiger partial charge in [-0.2, -0.15) is 5.26 Å². The predicted octanol–water partition coefficient (Wildman–Crippen LogP) is 1.81. The van der Waals surface area contributed by atoms with Crippen LogP contribution in [0.15, 0.2) is 30.6 Å². The summed E-state index contributed by atoms with van der Waals surface area (Å²) < 4.78 is 1.42. The molecule has 0 aliphatic carbocycles. The Bertz CT molecular complexity index is 1110. The van der Waals surface area contributed by atoms with Crippen LogP contribution in [-0.4, -0.2) is 60.5 Å². The summed E-state index contributed by atoms with van der Waals surface area (Å²) >= 11 is 0. The van der Waals surface area contributed by atoms with E-state index >= 15 is 0 Å². The third kappa shape index (κ3) is 3.80. The molecule has 0 spiro atoms. The second-order valence-electron chi connectivity index (χ2n) is 8.23. The van der Waals surface area contributed by atoms with E-state index in [1.54, 1.807) is 18.3 Å². The zero-order valence-corrected chi connectivity index (χ0v) is 17.2. The molecule has 3 aromatic rings. The summed E-state index contributed by atoms with van der Waals surface area (Å²) in [7, 11) is 2.05. The summed E-state index contributed by atoms with van der Waals surface area (Å²) in [5.41, 5.74) is 1.26. The maximum Gasteiger partial charge on any atom is 0.185 e. The average Bonchev–Trinajstić information content (AvgIpc) is 3.28. The van der Waals surface area contributed by atoms with Crippen LogP contribution in [-0.2, 0) is 0 Å². The number of benzene rings is 1. The number of rotatable bonds is 4. The lowest BCUT2D eigenvalue weighted by molar-refractivity contribution is 0.219. The minimum atomic E-state index is 0.000548. The van der Waals surface area contributed by atoms with Gasteiger partial charge in [-0.3, -0.25) is 0 Å². The number of nitrogens with zero attached hydrogens (tertiary/aromatic N) is 8. The zero-order chi connectivity index (χ0) is 21.4. The van der Waals surface area contributed by atoms with Crippen molar-refractivity contribution in [1.82, 2.24) is 35.5 Å². The number of hydrogen-bond donors (Lipinski definition) is 2. The quantitative estimate of drug-likeness (QED) is 0.653. The number of aromatic nitrogens is 6. The number of hydrogen-bond acceptors (Lipinski definition) is 9. The molecule has 4 heterocycles. The number of aromatic hydroxyl groups is 1. The molecular weight excluding hydrogens is 394 g/mol. The van der Waals surface area contributed by atoms with E-state index in [0.29, 0.717) is 35.2 Å². The number of anilines is 1. The Morgan fingerprint density at radius 2 is 2.00 bits per heavy atom. The third-order valence-electron chi connectivity index (χ3n) is 6.24. The third-order valence-corrected chi connectivity index (χ3v) is 6.24. The van der Waals surface area contributed by atoms with Crippen molar-refractivity contribution in [3.05, 3.63) is 36.3 Å². The van der Waals surface area contributed by atoms with Crippen molar-refractivity contribution in [1.29, 1.82) is 5.26 Å². The summed E-state index contributed by atoms with van der Waals surface area (Å²) in [5.74, 6) is 1.08. The smallest absolute Gasteiger partial charge is 0.185 e. The van der Waals surface area contributed by atoms with Crippen molar-refractivity contribution < 1.29 is 5.11 Å². The normalized spacial score (nSPS) is 22.6. The van der Waals surface area contributed by atoms with Gasteiger partial charge in [-0.25, -0.2) is 9.67 Å². The number of piperidine rings is 2. The Kier molecular flexibility index (Phi) is 4.95. The van der Waals surface area contributed by atoms with Crippen LogP contribution < -0.4 is 10.2 Å². The summed E-state index contributed by atoms with van der Waals surface area (Å²) in [6, 6.07) is 8.51. The van der Waals surface area contributed by atoms with Gasteiger partial charge in [0, 0.05) is 31.2 Å². The molecule has 2 fully saturated rings. The van der Waals surface area contributed by atoms with Crippen molar-refractivity contribution >= 4 is 5.82 Å². The highest BCUT2D eigenvalue weighted by molar-refractivity contribution is 5.66. The van der Waals surface area contributed by atoms with Crippen LogP contribution in [0, 0.1) is 11.3 Å². The molecule has 2 bridgehead atoms. The number of fused-ring (bicyclic) bond motifs is 2. The Balaban J connectivity index is 1.33. The van der Waals surface area contributed by atoms with E-state index in [9.17, 15) is 5.11 Å². The summed E-state index contributed by atoms with van der Waals surface area (Å²) in [6.45, 7) is 0. The zero-order valence-electron chi connectivity index (χ0n) is 17.2. The molecule has 0 radical (unpaired) electrons. The maximum absolute atomic E-state index is 10.5. The fraction of sp³-hybridized carbons (Fsp3) is 0.429. The van der Waals surface area contributed by atoms with Crippen LogP contribution in [0.5, 0.6) is 5.75 Å². The van der Waals surface area contributed by atoms with Gasteiger partial charge < -0.3 is 15.3 Å². The lowest BCUT2D eigenvalue weighted by Gasteiger charge is -2.43. The van der Waals surface area contributed by atoms with E-state index in [0.717, 1.165) is 18.7 Å². The highest BCUT2D eigenvalue weighted by atomic mass is 16.3. The molecule has 1 unspecified atom stereocenters. The molecule has 0 saturated carbocycles. The highest BCUT2D eigenvalue weighted by Gasteiger charge is 2.33. The second-order valence-corrected chi connectivity index (χ2v) is 8.23. The first kappa shape index (κ1) is 19.4. The molecule has 10 nitrogen and oxygen atoms in total. The lowest BCUT2D eigenvalue weighted by atomic mass is 9.83. The summed E-state index contributed by atoms with van der Waals surface area (Å²) in [6.07, 6.45) is 9.21. The topological polar surface area (TPSA) is 129 Å². The first-order chi connectivity index (χ1) is 15.1. The van der Waals surface area contributed by atoms with Crippen LogP contribution in [0.3, 0.4) is 0 Å².